The van der Waals surface area contributed by atoms with Crippen molar-refractivity contribution < 1.29 is 4.52 Å². The van der Waals surface area contributed by atoms with Gasteiger partial charge in [0.2, 0.25) is 5.88 Å². The molecular weight excluding hydrogens is 256 g/mol. The van der Waals surface area contributed by atoms with Crippen molar-refractivity contribution in [3.8, 4) is 21.7 Å². The van der Waals surface area contributed by atoms with Crippen molar-refractivity contribution in [2.24, 2.45) is 0 Å². The van der Waals surface area contributed by atoms with Crippen LogP contribution in [0, 0.1) is 13.8 Å². The lowest BCUT2D eigenvalue weighted by atomic mass is 10.00. The number of hydrogen-bond donors (Lipinski definition) is 1. The molecule has 3 aromatic rings. The zero-order valence-corrected chi connectivity index (χ0v) is 11.6. The van der Waals surface area contributed by atoms with Gasteiger partial charge in [-0.1, -0.05) is 35.0 Å². The highest BCUT2D eigenvalue weighted by atomic mass is 32.1. The van der Waals surface area contributed by atoms with Crippen molar-refractivity contribution in [1.82, 2.24) is 5.16 Å². The summed E-state index contributed by atoms with van der Waals surface area (Å²) < 4.78 is 5.19. The molecule has 2 heterocycles. The van der Waals surface area contributed by atoms with Crippen molar-refractivity contribution in [3.63, 3.8) is 0 Å². The van der Waals surface area contributed by atoms with Crippen LogP contribution in [0.1, 0.15) is 11.1 Å². The van der Waals surface area contributed by atoms with Crippen LogP contribution >= 0.6 is 11.3 Å². The number of thiophene rings is 1. The van der Waals surface area contributed by atoms with Crippen molar-refractivity contribution in [3.05, 3.63) is 46.8 Å². The van der Waals surface area contributed by atoms with Crippen LogP contribution in [-0.2, 0) is 0 Å². The Kier molecular flexibility index (Phi) is 2.87. The second-order valence-corrected chi connectivity index (χ2v) is 5.51. The van der Waals surface area contributed by atoms with Gasteiger partial charge < -0.3 is 10.3 Å². The molecule has 0 aliphatic carbocycles. The molecule has 2 aromatic heterocycles. The number of anilines is 1. The Morgan fingerprint density at radius 2 is 2.05 bits per heavy atom. The van der Waals surface area contributed by atoms with Crippen LogP contribution in [0.5, 0.6) is 0 Å². The summed E-state index contributed by atoms with van der Waals surface area (Å²) in [7, 11) is 0. The van der Waals surface area contributed by atoms with E-state index in [0.29, 0.717) is 5.88 Å². The summed E-state index contributed by atoms with van der Waals surface area (Å²) in [4.78, 5) is 1.08. The fourth-order valence-electron chi connectivity index (χ4n) is 2.22. The van der Waals surface area contributed by atoms with E-state index in [4.69, 9.17) is 10.3 Å². The molecule has 1 aromatic carbocycles. The molecule has 3 rings (SSSR count). The van der Waals surface area contributed by atoms with Crippen molar-refractivity contribution >= 4 is 17.2 Å². The number of nitrogens with zero attached hydrogens (tertiary/aromatic N) is 1. The number of hydrogen-bond acceptors (Lipinski definition) is 4. The summed E-state index contributed by atoms with van der Waals surface area (Å²) in [6.45, 7) is 4.15. The molecule has 0 saturated heterocycles. The molecule has 0 spiro atoms. The standard InChI is InChI=1S/C15H14N2OS/c1-9-5-6-11(10(2)8-9)14-13(15(16)18-17-14)12-4-3-7-19-12/h3-8H,16H2,1-2H3. The second kappa shape index (κ2) is 4.55. The maximum absolute atomic E-state index is 5.93. The Morgan fingerprint density at radius 1 is 1.21 bits per heavy atom. The second-order valence-electron chi connectivity index (χ2n) is 4.57. The van der Waals surface area contributed by atoms with E-state index < -0.39 is 0 Å². The molecular formula is C15H14N2OS. The first-order chi connectivity index (χ1) is 9.16. The van der Waals surface area contributed by atoms with E-state index in [1.165, 1.54) is 11.1 Å². The molecule has 96 valence electrons. The summed E-state index contributed by atoms with van der Waals surface area (Å²) in [5, 5.41) is 6.16. The van der Waals surface area contributed by atoms with Gasteiger partial charge in [-0.2, -0.15) is 0 Å². The van der Waals surface area contributed by atoms with E-state index in [9.17, 15) is 0 Å². The number of aromatic nitrogens is 1. The molecule has 0 radical (unpaired) electrons. The number of rotatable bonds is 2. The maximum Gasteiger partial charge on any atom is 0.231 e. The summed E-state index contributed by atoms with van der Waals surface area (Å²) in [5.41, 5.74) is 11.1. The molecule has 3 nitrogen and oxygen atoms in total. The Balaban J connectivity index is 2.21. The molecule has 4 heteroatoms. The number of aryl methyl sites for hydroxylation is 2. The summed E-state index contributed by atoms with van der Waals surface area (Å²) in [5.74, 6) is 0.373. The third kappa shape index (κ3) is 2.04. The monoisotopic (exact) mass is 270 g/mol. The van der Waals surface area contributed by atoms with Gasteiger partial charge in [0.05, 0.1) is 5.56 Å². The minimum absolute atomic E-state index is 0.373. The SMILES string of the molecule is Cc1ccc(-c2noc(N)c2-c2cccs2)c(C)c1. The van der Waals surface area contributed by atoms with Gasteiger partial charge in [0, 0.05) is 10.4 Å². The fraction of sp³-hybridized carbons (Fsp3) is 0.133. The quantitative estimate of drug-likeness (QED) is 0.756. The highest BCUT2D eigenvalue weighted by molar-refractivity contribution is 7.13. The summed E-state index contributed by atoms with van der Waals surface area (Å²) in [6, 6.07) is 10.3. The molecule has 0 fully saturated rings. The third-order valence-electron chi connectivity index (χ3n) is 3.12. The van der Waals surface area contributed by atoms with Gasteiger partial charge in [-0.25, -0.2) is 0 Å². The van der Waals surface area contributed by atoms with Crippen molar-refractivity contribution in [1.29, 1.82) is 0 Å². The molecule has 2 N–H and O–H groups in total. The first-order valence-electron chi connectivity index (χ1n) is 6.03. The van der Waals surface area contributed by atoms with Gasteiger partial charge in [0.1, 0.15) is 5.69 Å². The van der Waals surface area contributed by atoms with E-state index in [-0.39, 0.29) is 0 Å². The lowest BCUT2D eigenvalue weighted by molar-refractivity contribution is 0.439. The summed E-state index contributed by atoms with van der Waals surface area (Å²) >= 11 is 1.63. The average Bonchev–Trinajstić information content (AvgIpc) is 2.98. The van der Waals surface area contributed by atoms with Gasteiger partial charge in [-0.3, -0.25) is 0 Å². The summed E-state index contributed by atoms with van der Waals surface area (Å²) in [6.07, 6.45) is 0. The van der Waals surface area contributed by atoms with Crippen LogP contribution in [0.2, 0.25) is 0 Å². The number of nitrogen functional groups attached to an aromatic ring is 1. The van der Waals surface area contributed by atoms with Crippen LogP contribution < -0.4 is 5.73 Å². The Labute approximate surface area is 115 Å². The van der Waals surface area contributed by atoms with Crippen LogP contribution in [0.4, 0.5) is 5.88 Å². The fourth-order valence-corrected chi connectivity index (χ4v) is 3.00. The van der Waals surface area contributed by atoms with Gasteiger partial charge in [-0.15, -0.1) is 11.3 Å². The molecule has 0 atom stereocenters. The first kappa shape index (κ1) is 12.0. The molecule has 0 unspecified atom stereocenters. The zero-order valence-electron chi connectivity index (χ0n) is 10.8. The number of nitrogens with two attached hydrogens (primary N) is 1. The van der Waals surface area contributed by atoms with Gasteiger partial charge in [-0.05, 0) is 30.9 Å². The predicted molar refractivity (Wildman–Crippen MR) is 79.1 cm³/mol. The van der Waals surface area contributed by atoms with Crippen molar-refractivity contribution in [2.45, 2.75) is 13.8 Å². The molecule has 0 saturated carbocycles. The molecule has 0 amide bonds. The van der Waals surface area contributed by atoms with E-state index in [1.54, 1.807) is 11.3 Å². The minimum Gasteiger partial charge on any atom is -0.367 e. The predicted octanol–water partition coefficient (Wildman–Crippen LogP) is 4.27. The smallest absolute Gasteiger partial charge is 0.231 e. The van der Waals surface area contributed by atoms with E-state index >= 15 is 0 Å². The minimum atomic E-state index is 0.373. The van der Waals surface area contributed by atoms with Crippen LogP contribution in [0.15, 0.2) is 40.2 Å². The van der Waals surface area contributed by atoms with E-state index in [0.717, 1.165) is 21.7 Å². The van der Waals surface area contributed by atoms with Crippen LogP contribution in [-0.4, -0.2) is 5.16 Å². The van der Waals surface area contributed by atoms with Gasteiger partial charge in [0.25, 0.3) is 0 Å². The Hall–Kier alpha value is -2.07. The lowest BCUT2D eigenvalue weighted by Crippen LogP contribution is -1.88. The zero-order chi connectivity index (χ0) is 13.4. The molecule has 0 aliphatic rings. The Bertz CT molecular complexity index is 714. The van der Waals surface area contributed by atoms with Crippen LogP contribution in [0.25, 0.3) is 21.7 Å². The largest absolute Gasteiger partial charge is 0.367 e. The third-order valence-corrected chi connectivity index (χ3v) is 4.01. The average molecular weight is 270 g/mol. The van der Waals surface area contributed by atoms with Gasteiger partial charge >= 0.3 is 0 Å². The van der Waals surface area contributed by atoms with E-state index in [1.807, 2.05) is 17.5 Å². The lowest BCUT2D eigenvalue weighted by Gasteiger charge is -2.05. The topological polar surface area (TPSA) is 52.0 Å². The molecule has 19 heavy (non-hydrogen) atoms. The normalized spacial score (nSPS) is 10.8. The maximum atomic E-state index is 5.93. The number of benzene rings is 1. The first-order valence-corrected chi connectivity index (χ1v) is 6.91. The highest BCUT2D eigenvalue weighted by Gasteiger charge is 2.19. The van der Waals surface area contributed by atoms with Crippen molar-refractivity contribution in [2.75, 3.05) is 5.73 Å². The molecule has 0 aliphatic heterocycles. The van der Waals surface area contributed by atoms with Gasteiger partial charge in [0.15, 0.2) is 0 Å². The highest BCUT2D eigenvalue weighted by Crippen LogP contribution is 2.39. The van der Waals surface area contributed by atoms with E-state index in [2.05, 4.69) is 37.2 Å². The Morgan fingerprint density at radius 3 is 2.74 bits per heavy atom. The van der Waals surface area contributed by atoms with Crippen LogP contribution in [0.3, 0.4) is 0 Å². The molecule has 0 bridgehead atoms.